The van der Waals surface area contributed by atoms with Crippen molar-refractivity contribution in [2.24, 2.45) is 5.41 Å². The molecule has 0 saturated carbocycles. The molecule has 2 N–H and O–H groups in total. The van der Waals surface area contributed by atoms with Gasteiger partial charge in [-0.2, -0.15) is 0 Å². The van der Waals surface area contributed by atoms with Crippen LogP contribution in [0.4, 0.5) is 4.39 Å². The molecular formula is C11H13BrFNO4S. The molecule has 1 fully saturated rings. The third-order valence-electron chi connectivity index (χ3n) is 2.99. The van der Waals surface area contributed by atoms with Gasteiger partial charge < -0.3 is 9.84 Å². The van der Waals surface area contributed by atoms with E-state index in [2.05, 4.69) is 20.7 Å². The van der Waals surface area contributed by atoms with Crippen LogP contribution >= 0.6 is 15.9 Å². The van der Waals surface area contributed by atoms with Gasteiger partial charge in [0.2, 0.25) is 10.0 Å². The Labute approximate surface area is 119 Å². The van der Waals surface area contributed by atoms with E-state index in [9.17, 15) is 17.9 Å². The molecule has 1 aliphatic heterocycles. The molecule has 0 amide bonds. The largest absolute Gasteiger partial charge is 0.396 e. The highest BCUT2D eigenvalue weighted by Gasteiger charge is 2.39. The topological polar surface area (TPSA) is 75.6 Å². The van der Waals surface area contributed by atoms with Crippen LogP contribution in [0.1, 0.15) is 0 Å². The standard InChI is InChI=1S/C11H13BrFNO4S/c12-9-2-1-8(3-10(9)13)19(16,17)14-4-11(5-15)6-18-7-11/h1-3,14-15H,4-7H2. The van der Waals surface area contributed by atoms with Gasteiger partial charge in [-0.1, -0.05) is 0 Å². The molecule has 0 atom stereocenters. The third-order valence-corrected chi connectivity index (χ3v) is 5.03. The molecule has 0 bridgehead atoms. The van der Waals surface area contributed by atoms with Crippen LogP contribution in [0, 0.1) is 11.2 Å². The number of sulfonamides is 1. The van der Waals surface area contributed by atoms with Gasteiger partial charge in [-0.3, -0.25) is 0 Å². The number of aliphatic hydroxyl groups is 1. The number of halogens is 2. The zero-order chi connectivity index (χ0) is 14.1. The van der Waals surface area contributed by atoms with Crippen molar-refractivity contribution in [1.29, 1.82) is 0 Å². The van der Waals surface area contributed by atoms with Gasteiger partial charge in [-0.25, -0.2) is 17.5 Å². The van der Waals surface area contributed by atoms with Crippen LogP contribution in [0.3, 0.4) is 0 Å². The second kappa shape index (κ2) is 5.45. The number of benzene rings is 1. The number of ether oxygens (including phenoxy) is 1. The summed E-state index contributed by atoms with van der Waals surface area (Å²) in [5.74, 6) is -0.647. The maximum Gasteiger partial charge on any atom is 0.240 e. The molecular weight excluding hydrogens is 341 g/mol. The van der Waals surface area contributed by atoms with E-state index in [1.165, 1.54) is 12.1 Å². The smallest absolute Gasteiger partial charge is 0.240 e. The summed E-state index contributed by atoms with van der Waals surface area (Å²) >= 11 is 2.96. The monoisotopic (exact) mass is 353 g/mol. The molecule has 1 aromatic rings. The molecule has 2 rings (SSSR count). The molecule has 8 heteroatoms. The Kier molecular flexibility index (Phi) is 4.26. The van der Waals surface area contributed by atoms with Gasteiger partial charge >= 0.3 is 0 Å². The zero-order valence-electron chi connectivity index (χ0n) is 9.90. The Morgan fingerprint density at radius 1 is 1.47 bits per heavy atom. The molecule has 0 aromatic heterocycles. The fraction of sp³-hybridized carbons (Fsp3) is 0.455. The van der Waals surface area contributed by atoms with Gasteiger partial charge in [0.25, 0.3) is 0 Å². The van der Waals surface area contributed by atoms with E-state index in [4.69, 9.17) is 4.74 Å². The van der Waals surface area contributed by atoms with Gasteiger partial charge in [-0.15, -0.1) is 0 Å². The fourth-order valence-corrected chi connectivity index (χ4v) is 3.03. The van der Waals surface area contributed by atoms with Crippen LogP contribution in [-0.2, 0) is 14.8 Å². The van der Waals surface area contributed by atoms with E-state index in [0.717, 1.165) is 6.07 Å². The van der Waals surface area contributed by atoms with Crippen molar-refractivity contribution in [2.45, 2.75) is 4.90 Å². The van der Waals surface area contributed by atoms with Crippen LogP contribution in [0.2, 0.25) is 0 Å². The Balaban J connectivity index is 2.11. The van der Waals surface area contributed by atoms with Crippen LogP contribution in [-0.4, -0.2) is 39.9 Å². The SMILES string of the molecule is O=S(=O)(NCC1(CO)COC1)c1ccc(Br)c(F)c1. The number of hydrogen-bond donors (Lipinski definition) is 2. The average Bonchev–Trinajstić information content (AvgIpc) is 2.31. The van der Waals surface area contributed by atoms with Gasteiger partial charge in [0.05, 0.1) is 34.6 Å². The van der Waals surface area contributed by atoms with Gasteiger partial charge in [0.1, 0.15) is 5.82 Å². The van der Waals surface area contributed by atoms with Crippen molar-refractivity contribution in [2.75, 3.05) is 26.4 Å². The summed E-state index contributed by atoms with van der Waals surface area (Å²) in [6.07, 6.45) is 0. The van der Waals surface area contributed by atoms with Crippen molar-refractivity contribution in [1.82, 2.24) is 4.72 Å². The Bertz CT molecular complexity index is 569. The molecule has 1 saturated heterocycles. The van der Waals surface area contributed by atoms with Crippen molar-refractivity contribution < 1.29 is 22.7 Å². The maximum atomic E-state index is 13.3. The molecule has 0 unspecified atom stereocenters. The summed E-state index contributed by atoms with van der Waals surface area (Å²) in [7, 11) is -3.80. The molecule has 5 nitrogen and oxygen atoms in total. The van der Waals surface area contributed by atoms with E-state index in [-0.39, 0.29) is 22.5 Å². The maximum absolute atomic E-state index is 13.3. The minimum absolute atomic E-state index is 0.0590. The Hall–Kier alpha value is -0.540. The van der Waals surface area contributed by atoms with Crippen LogP contribution in [0.25, 0.3) is 0 Å². The average molecular weight is 354 g/mol. The van der Waals surface area contributed by atoms with Gasteiger partial charge in [-0.05, 0) is 34.1 Å². The molecule has 1 heterocycles. The van der Waals surface area contributed by atoms with E-state index in [0.29, 0.717) is 13.2 Å². The normalized spacial score (nSPS) is 18.1. The summed E-state index contributed by atoms with van der Waals surface area (Å²) in [5, 5.41) is 9.20. The Morgan fingerprint density at radius 2 is 2.16 bits per heavy atom. The lowest BCUT2D eigenvalue weighted by Crippen LogP contribution is -2.53. The van der Waals surface area contributed by atoms with E-state index in [1.54, 1.807) is 0 Å². The van der Waals surface area contributed by atoms with E-state index >= 15 is 0 Å². The lowest BCUT2D eigenvalue weighted by Gasteiger charge is -2.39. The van der Waals surface area contributed by atoms with Gasteiger partial charge in [0, 0.05) is 6.54 Å². The minimum atomic E-state index is -3.80. The summed E-state index contributed by atoms with van der Waals surface area (Å²) in [6, 6.07) is 3.58. The molecule has 19 heavy (non-hydrogen) atoms. The second-order valence-electron chi connectivity index (χ2n) is 4.55. The van der Waals surface area contributed by atoms with E-state index in [1.807, 2.05) is 0 Å². The summed E-state index contributed by atoms with van der Waals surface area (Å²) in [4.78, 5) is -0.151. The third kappa shape index (κ3) is 3.14. The minimum Gasteiger partial charge on any atom is -0.396 e. The lowest BCUT2D eigenvalue weighted by molar-refractivity contribution is -0.132. The second-order valence-corrected chi connectivity index (χ2v) is 7.17. The number of nitrogens with one attached hydrogen (secondary N) is 1. The molecule has 0 spiro atoms. The molecule has 1 aliphatic rings. The number of aliphatic hydroxyl groups excluding tert-OH is 1. The molecule has 0 aliphatic carbocycles. The number of rotatable bonds is 5. The molecule has 0 radical (unpaired) electrons. The van der Waals surface area contributed by atoms with Crippen molar-refractivity contribution in [3.63, 3.8) is 0 Å². The predicted octanol–water partition coefficient (Wildman–Crippen LogP) is 0.875. The van der Waals surface area contributed by atoms with Crippen LogP contribution in [0.5, 0.6) is 0 Å². The van der Waals surface area contributed by atoms with Gasteiger partial charge in [0.15, 0.2) is 0 Å². The first-order chi connectivity index (χ1) is 8.88. The predicted molar refractivity (Wildman–Crippen MR) is 69.6 cm³/mol. The molecule has 1 aromatic carbocycles. The highest BCUT2D eigenvalue weighted by Crippen LogP contribution is 2.26. The van der Waals surface area contributed by atoms with Crippen LogP contribution < -0.4 is 4.72 Å². The molecule has 106 valence electrons. The lowest BCUT2D eigenvalue weighted by atomic mass is 9.87. The number of hydrogen-bond acceptors (Lipinski definition) is 4. The summed E-state index contributed by atoms with van der Waals surface area (Å²) < 4.78 is 44.8. The first kappa shape index (κ1) is 14.9. The van der Waals surface area contributed by atoms with Crippen molar-refractivity contribution in [3.8, 4) is 0 Å². The Morgan fingerprint density at radius 3 is 2.63 bits per heavy atom. The zero-order valence-corrected chi connectivity index (χ0v) is 12.3. The quantitative estimate of drug-likeness (QED) is 0.823. The highest BCUT2D eigenvalue weighted by atomic mass is 79.9. The fourth-order valence-electron chi connectivity index (χ4n) is 1.62. The summed E-state index contributed by atoms with van der Waals surface area (Å²) in [6.45, 7) is 0.509. The summed E-state index contributed by atoms with van der Waals surface area (Å²) in [5.41, 5.74) is -0.568. The van der Waals surface area contributed by atoms with Crippen molar-refractivity contribution >= 4 is 26.0 Å². The van der Waals surface area contributed by atoms with Crippen molar-refractivity contribution in [3.05, 3.63) is 28.5 Å². The highest BCUT2D eigenvalue weighted by molar-refractivity contribution is 9.10. The first-order valence-corrected chi connectivity index (χ1v) is 7.80. The van der Waals surface area contributed by atoms with E-state index < -0.39 is 21.3 Å². The van der Waals surface area contributed by atoms with Crippen LogP contribution in [0.15, 0.2) is 27.6 Å². The first-order valence-electron chi connectivity index (χ1n) is 5.52.